The van der Waals surface area contributed by atoms with Gasteiger partial charge in [0.25, 0.3) is 0 Å². The van der Waals surface area contributed by atoms with E-state index in [0.29, 0.717) is 5.89 Å². The van der Waals surface area contributed by atoms with Gasteiger partial charge in [0.05, 0.1) is 18.0 Å². The number of hydrogen-bond acceptors (Lipinski definition) is 8. The molecule has 1 fully saturated rings. The van der Waals surface area contributed by atoms with Crippen molar-refractivity contribution in [2.75, 3.05) is 6.54 Å². The van der Waals surface area contributed by atoms with Crippen molar-refractivity contribution in [3.05, 3.63) is 69.9 Å². The number of rotatable bonds is 8. The standard InChI is InChI=1S/C28H34N6O3.H3N/c1-5-25-29-28(31-37-25)24-8-6-7-13-34(24)16-20-14-19(10-9-17(20)2)22(15-26(35)36)21-11-12-23-27(18(21)3)30-32-33(23)4;/h9-12,14,22,24H,5-8,13,15-16H2,1-4H3,(H,35,36);1H3. The van der Waals surface area contributed by atoms with Crippen molar-refractivity contribution in [2.45, 2.75) is 71.4 Å². The Labute approximate surface area is 222 Å². The Kier molecular flexibility index (Phi) is 8.23. The lowest BCUT2D eigenvalue weighted by Crippen LogP contribution is -2.33. The molecule has 0 spiro atoms. The summed E-state index contributed by atoms with van der Waals surface area (Å²) in [6.07, 6.45) is 4.00. The Balaban J connectivity index is 0.00000336. The Morgan fingerprint density at radius 3 is 2.76 bits per heavy atom. The van der Waals surface area contributed by atoms with Crippen molar-refractivity contribution in [3.63, 3.8) is 0 Å². The quantitative estimate of drug-likeness (QED) is 0.327. The highest BCUT2D eigenvalue weighted by Crippen LogP contribution is 2.36. The molecule has 2 unspecified atom stereocenters. The molecule has 2 aromatic carbocycles. The highest BCUT2D eigenvalue weighted by atomic mass is 16.5. The van der Waals surface area contributed by atoms with Crippen LogP contribution >= 0.6 is 0 Å². The average molecular weight is 520 g/mol. The van der Waals surface area contributed by atoms with Gasteiger partial charge in [0.2, 0.25) is 5.89 Å². The van der Waals surface area contributed by atoms with Crippen LogP contribution in [0.5, 0.6) is 0 Å². The summed E-state index contributed by atoms with van der Waals surface area (Å²) in [5, 5.41) is 22.6. The number of benzene rings is 2. The monoisotopic (exact) mass is 519 g/mol. The van der Waals surface area contributed by atoms with Crippen molar-refractivity contribution in [2.24, 2.45) is 7.05 Å². The number of fused-ring (bicyclic) bond motifs is 1. The van der Waals surface area contributed by atoms with E-state index >= 15 is 0 Å². The Morgan fingerprint density at radius 1 is 1.21 bits per heavy atom. The number of carboxylic acids is 1. The van der Waals surface area contributed by atoms with Crippen LogP contribution in [0, 0.1) is 13.8 Å². The number of carbonyl (C=O) groups is 1. The topological polar surface area (TPSA) is 145 Å². The maximum atomic E-state index is 12.0. The normalized spacial score (nSPS) is 16.9. The molecule has 4 aromatic rings. The number of piperidine rings is 1. The first-order valence-corrected chi connectivity index (χ1v) is 13.0. The maximum Gasteiger partial charge on any atom is 0.304 e. The highest BCUT2D eigenvalue weighted by molar-refractivity contribution is 5.80. The first-order chi connectivity index (χ1) is 17.9. The zero-order valence-corrected chi connectivity index (χ0v) is 22.6. The minimum absolute atomic E-state index is 0. The SMILES string of the molecule is CCc1nc(C2CCCCN2Cc2cc(C(CC(=O)O)c3ccc4c(nnn4C)c3C)ccc2C)no1.N. The van der Waals surface area contributed by atoms with E-state index in [9.17, 15) is 9.90 Å². The van der Waals surface area contributed by atoms with E-state index in [1.807, 2.05) is 33.0 Å². The van der Waals surface area contributed by atoms with E-state index in [1.165, 1.54) is 11.1 Å². The molecule has 0 saturated carbocycles. The zero-order chi connectivity index (χ0) is 26.1. The van der Waals surface area contributed by atoms with Gasteiger partial charge in [0.1, 0.15) is 5.52 Å². The van der Waals surface area contributed by atoms with E-state index in [2.05, 4.69) is 50.5 Å². The number of aromatic nitrogens is 5. The summed E-state index contributed by atoms with van der Waals surface area (Å²) in [6.45, 7) is 7.85. The fraction of sp³-hybridized carbons (Fsp3) is 0.464. The van der Waals surface area contributed by atoms with Crippen LogP contribution in [0.1, 0.15) is 84.1 Å². The highest BCUT2D eigenvalue weighted by Gasteiger charge is 2.29. The predicted molar refractivity (Wildman–Crippen MR) is 144 cm³/mol. The zero-order valence-electron chi connectivity index (χ0n) is 22.6. The van der Waals surface area contributed by atoms with Gasteiger partial charge < -0.3 is 15.8 Å². The van der Waals surface area contributed by atoms with Gasteiger partial charge in [-0.25, -0.2) is 4.68 Å². The molecule has 10 nitrogen and oxygen atoms in total. The van der Waals surface area contributed by atoms with Crippen LogP contribution in [-0.4, -0.2) is 47.7 Å². The molecule has 0 amide bonds. The van der Waals surface area contributed by atoms with Crippen molar-refractivity contribution in [3.8, 4) is 0 Å². The first-order valence-electron chi connectivity index (χ1n) is 13.0. The maximum absolute atomic E-state index is 12.0. The Morgan fingerprint density at radius 2 is 2.03 bits per heavy atom. The summed E-state index contributed by atoms with van der Waals surface area (Å²) >= 11 is 0. The largest absolute Gasteiger partial charge is 0.481 e. The summed E-state index contributed by atoms with van der Waals surface area (Å²) in [4.78, 5) is 19.0. The number of carboxylic acid groups (broad SMARTS) is 1. The molecule has 0 aliphatic carbocycles. The van der Waals surface area contributed by atoms with E-state index in [1.54, 1.807) is 4.68 Å². The van der Waals surface area contributed by atoms with Gasteiger partial charge in [-0.05, 0) is 67.1 Å². The molecule has 202 valence electrons. The van der Waals surface area contributed by atoms with Gasteiger partial charge in [-0.2, -0.15) is 4.98 Å². The second-order valence-corrected chi connectivity index (χ2v) is 10.1. The molecule has 10 heteroatoms. The van der Waals surface area contributed by atoms with Crippen LogP contribution in [0.4, 0.5) is 0 Å². The molecule has 0 bridgehead atoms. The van der Waals surface area contributed by atoms with Gasteiger partial charge in [0, 0.05) is 25.9 Å². The van der Waals surface area contributed by atoms with Crippen LogP contribution < -0.4 is 6.15 Å². The second kappa shape index (κ2) is 11.4. The summed E-state index contributed by atoms with van der Waals surface area (Å²) in [5.41, 5.74) is 7.06. The van der Waals surface area contributed by atoms with Crippen LogP contribution in [-0.2, 0) is 24.8 Å². The lowest BCUT2D eigenvalue weighted by Gasteiger charge is -2.34. The lowest BCUT2D eigenvalue weighted by atomic mass is 9.84. The molecular weight excluding hydrogens is 482 g/mol. The summed E-state index contributed by atoms with van der Waals surface area (Å²) in [5.74, 6) is 0.322. The van der Waals surface area contributed by atoms with E-state index in [4.69, 9.17) is 4.52 Å². The van der Waals surface area contributed by atoms with Crippen molar-refractivity contribution < 1.29 is 14.4 Å². The van der Waals surface area contributed by atoms with Gasteiger partial charge >= 0.3 is 5.97 Å². The molecule has 2 atom stereocenters. The average Bonchev–Trinajstić information content (AvgIpc) is 3.52. The number of hydrogen-bond donors (Lipinski definition) is 2. The minimum Gasteiger partial charge on any atom is -0.481 e. The molecule has 3 heterocycles. The third-order valence-electron chi connectivity index (χ3n) is 7.68. The molecule has 5 rings (SSSR count). The Bertz CT molecular complexity index is 1430. The lowest BCUT2D eigenvalue weighted by molar-refractivity contribution is -0.137. The van der Waals surface area contributed by atoms with E-state index in [0.717, 1.165) is 72.3 Å². The van der Waals surface area contributed by atoms with Gasteiger partial charge in [-0.1, -0.05) is 48.0 Å². The van der Waals surface area contributed by atoms with Gasteiger partial charge in [-0.15, -0.1) is 5.10 Å². The van der Waals surface area contributed by atoms with E-state index in [-0.39, 0.29) is 24.5 Å². The van der Waals surface area contributed by atoms with Crippen LogP contribution in [0.2, 0.25) is 0 Å². The third kappa shape index (κ3) is 5.32. The fourth-order valence-electron chi connectivity index (χ4n) is 5.53. The molecule has 4 N–H and O–H groups in total. The van der Waals surface area contributed by atoms with Crippen molar-refractivity contribution in [1.82, 2.24) is 36.2 Å². The van der Waals surface area contributed by atoms with Crippen LogP contribution in [0.3, 0.4) is 0 Å². The fourth-order valence-corrected chi connectivity index (χ4v) is 5.53. The first kappa shape index (κ1) is 27.4. The summed E-state index contributed by atoms with van der Waals surface area (Å²) < 4.78 is 7.16. The van der Waals surface area contributed by atoms with Gasteiger partial charge in [-0.3, -0.25) is 9.69 Å². The number of likely N-dealkylation sites (tertiary alicyclic amines) is 1. The van der Waals surface area contributed by atoms with Crippen molar-refractivity contribution >= 4 is 17.0 Å². The van der Waals surface area contributed by atoms with Crippen LogP contribution in [0.15, 0.2) is 34.9 Å². The molecular formula is C28H37N7O3. The Hall–Kier alpha value is -3.63. The van der Waals surface area contributed by atoms with Crippen LogP contribution in [0.25, 0.3) is 11.0 Å². The summed E-state index contributed by atoms with van der Waals surface area (Å²) in [7, 11) is 1.86. The second-order valence-electron chi connectivity index (χ2n) is 10.1. The molecule has 38 heavy (non-hydrogen) atoms. The molecule has 1 aliphatic rings. The minimum atomic E-state index is -0.828. The number of aryl methyl sites for hydroxylation is 4. The molecule has 1 aliphatic heterocycles. The smallest absolute Gasteiger partial charge is 0.304 e. The molecule has 0 radical (unpaired) electrons. The molecule has 2 aromatic heterocycles. The number of nitrogens with zero attached hydrogens (tertiary/aromatic N) is 6. The van der Waals surface area contributed by atoms with E-state index < -0.39 is 5.97 Å². The van der Waals surface area contributed by atoms with Gasteiger partial charge in [0.15, 0.2) is 5.82 Å². The third-order valence-corrected chi connectivity index (χ3v) is 7.68. The summed E-state index contributed by atoms with van der Waals surface area (Å²) in [6, 6.07) is 10.5. The van der Waals surface area contributed by atoms with Crippen molar-refractivity contribution in [1.29, 1.82) is 0 Å². The predicted octanol–water partition coefficient (Wildman–Crippen LogP) is 5.03. The number of aliphatic carboxylic acids is 1. The molecule has 1 saturated heterocycles.